The van der Waals surface area contributed by atoms with Crippen LogP contribution < -0.4 is 10.6 Å². The van der Waals surface area contributed by atoms with Gasteiger partial charge in [0.2, 0.25) is 0 Å². The first-order valence-electron chi connectivity index (χ1n) is 9.69. The van der Waals surface area contributed by atoms with Gasteiger partial charge in [-0.2, -0.15) is 0 Å². The number of benzene rings is 2. The fourth-order valence-corrected chi connectivity index (χ4v) is 3.27. The first kappa shape index (κ1) is 19.4. The summed E-state index contributed by atoms with van der Waals surface area (Å²) in [6, 6.07) is 16.8. The van der Waals surface area contributed by atoms with Crippen molar-refractivity contribution in [2.75, 3.05) is 5.32 Å². The second kappa shape index (κ2) is 8.21. The van der Waals surface area contributed by atoms with Crippen molar-refractivity contribution in [3.63, 3.8) is 0 Å². The maximum atomic E-state index is 12.9. The van der Waals surface area contributed by atoms with Crippen LogP contribution in [0.2, 0.25) is 0 Å². The first-order chi connectivity index (χ1) is 14.5. The fraction of sp³-hybridized carbons (Fsp3) is 0.125. The number of carbonyl (C=O) groups is 2. The Balaban J connectivity index is 1.66. The molecule has 0 unspecified atom stereocenters. The van der Waals surface area contributed by atoms with Gasteiger partial charge < -0.3 is 15.6 Å². The van der Waals surface area contributed by atoms with E-state index in [9.17, 15) is 9.59 Å². The molecule has 0 aliphatic carbocycles. The number of carbonyl (C=O) groups excluding carboxylic acids is 2. The Morgan fingerprint density at radius 1 is 0.967 bits per heavy atom. The van der Waals surface area contributed by atoms with Crippen LogP contribution in [0.4, 0.5) is 5.69 Å². The highest BCUT2D eigenvalue weighted by atomic mass is 16.2. The van der Waals surface area contributed by atoms with Crippen molar-refractivity contribution >= 4 is 28.4 Å². The Morgan fingerprint density at radius 3 is 2.47 bits per heavy atom. The Morgan fingerprint density at radius 2 is 1.73 bits per heavy atom. The lowest BCUT2D eigenvalue weighted by atomic mass is 10.1. The smallest absolute Gasteiger partial charge is 0.270 e. The first-order valence-corrected chi connectivity index (χ1v) is 9.69. The van der Waals surface area contributed by atoms with Crippen LogP contribution in [-0.2, 0) is 6.54 Å². The minimum Gasteiger partial charge on any atom is -0.349 e. The van der Waals surface area contributed by atoms with E-state index in [0.717, 1.165) is 27.6 Å². The van der Waals surface area contributed by atoms with Gasteiger partial charge in [-0.15, -0.1) is 0 Å². The summed E-state index contributed by atoms with van der Waals surface area (Å²) in [6.45, 7) is 4.28. The molecule has 4 aromatic rings. The zero-order valence-electron chi connectivity index (χ0n) is 16.8. The van der Waals surface area contributed by atoms with E-state index in [1.807, 2.05) is 56.3 Å². The number of pyridine rings is 1. The van der Waals surface area contributed by atoms with Crippen LogP contribution in [0.5, 0.6) is 0 Å². The number of hydrogen-bond acceptors (Lipinski definition) is 3. The molecule has 0 aliphatic rings. The van der Waals surface area contributed by atoms with E-state index >= 15 is 0 Å². The SMILES string of the molecule is Cc1ccc(C(=O)Nc2c(C(=O)NCc3cccnc3)[nH]c3ccc(C)cc23)cc1. The second-order valence-electron chi connectivity index (χ2n) is 7.29. The zero-order chi connectivity index (χ0) is 21.1. The molecule has 30 heavy (non-hydrogen) atoms. The normalized spacial score (nSPS) is 10.7. The monoisotopic (exact) mass is 398 g/mol. The van der Waals surface area contributed by atoms with Gasteiger partial charge in [-0.3, -0.25) is 14.6 Å². The fourth-order valence-electron chi connectivity index (χ4n) is 3.27. The van der Waals surface area contributed by atoms with E-state index in [2.05, 4.69) is 20.6 Å². The second-order valence-corrected chi connectivity index (χ2v) is 7.29. The van der Waals surface area contributed by atoms with Crippen LogP contribution in [0.15, 0.2) is 67.0 Å². The Hall–Kier alpha value is -3.93. The van der Waals surface area contributed by atoms with Gasteiger partial charge in [0, 0.05) is 35.4 Å². The molecule has 6 heteroatoms. The van der Waals surface area contributed by atoms with Crippen LogP contribution in [-0.4, -0.2) is 21.8 Å². The summed E-state index contributed by atoms with van der Waals surface area (Å²) in [5.41, 5.74) is 5.11. The van der Waals surface area contributed by atoms with Crippen molar-refractivity contribution in [2.24, 2.45) is 0 Å². The minimum absolute atomic E-state index is 0.265. The van der Waals surface area contributed by atoms with Crippen LogP contribution >= 0.6 is 0 Å². The summed E-state index contributed by atoms with van der Waals surface area (Å²) in [5.74, 6) is -0.564. The van der Waals surface area contributed by atoms with E-state index in [0.29, 0.717) is 23.5 Å². The van der Waals surface area contributed by atoms with Gasteiger partial charge in [-0.1, -0.05) is 35.4 Å². The molecule has 3 N–H and O–H groups in total. The summed E-state index contributed by atoms with van der Waals surface area (Å²) >= 11 is 0. The van der Waals surface area contributed by atoms with E-state index < -0.39 is 0 Å². The standard InChI is InChI=1S/C24H22N4O2/c1-15-5-8-18(9-6-15)23(29)28-21-19-12-16(2)7-10-20(19)27-22(21)24(30)26-14-17-4-3-11-25-13-17/h3-13,27H,14H2,1-2H3,(H,26,30)(H,28,29). The van der Waals surface area contributed by atoms with E-state index in [4.69, 9.17) is 0 Å². The number of aromatic amines is 1. The molecule has 2 amide bonds. The minimum atomic E-state index is -0.299. The topological polar surface area (TPSA) is 86.9 Å². The third-order valence-electron chi connectivity index (χ3n) is 4.91. The van der Waals surface area contributed by atoms with Gasteiger partial charge in [-0.05, 0) is 49.7 Å². The lowest BCUT2D eigenvalue weighted by Crippen LogP contribution is -2.25. The van der Waals surface area contributed by atoms with Crippen molar-refractivity contribution in [3.8, 4) is 0 Å². The van der Waals surface area contributed by atoms with Crippen molar-refractivity contribution in [3.05, 3.63) is 94.9 Å². The number of aryl methyl sites for hydroxylation is 2. The van der Waals surface area contributed by atoms with E-state index in [-0.39, 0.29) is 11.8 Å². The molecule has 150 valence electrons. The van der Waals surface area contributed by atoms with Gasteiger partial charge in [0.25, 0.3) is 11.8 Å². The molecule has 0 saturated carbocycles. The number of anilines is 1. The van der Waals surface area contributed by atoms with Crippen molar-refractivity contribution < 1.29 is 9.59 Å². The van der Waals surface area contributed by atoms with Gasteiger partial charge in [0.15, 0.2) is 0 Å². The third kappa shape index (κ3) is 4.07. The molecule has 0 saturated heterocycles. The lowest BCUT2D eigenvalue weighted by Gasteiger charge is -2.09. The molecular formula is C24H22N4O2. The number of rotatable bonds is 5. The Kier molecular flexibility index (Phi) is 5.30. The number of hydrogen-bond donors (Lipinski definition) is 3. The largest absolute Gasteiger partial charge is 0.349 e. The Bertz CT molecular complexity index is 1210. The number of nitrogens with zero attached hydrogens (tertiary/aromatic N) is 1. The van der Waals surface area contributed by atoms with E-state index in [1.54, 1.807) is 24.5 Å². The number of H-pyrrole nitrogens is 1. The summed E-state index contributed by atoms with van der Waals surface area (Å²) in [5, 5.41) is 6.62. The maximum Gasteiger partial charge on any atom is 0.270 e. The number of amides is 2. The van der Waals surface area contributed by atoms with Gasteiger partial charge >= 0.3 is 0 Å². The molecule has 0 bridgehead atoms. The number of aromatic nitrogens is 2. The maximum absolute atomic E-state index is 12.9. The molecule has 0 atom stereocenters. The molecule has 0 fully saturated rings. The average Bonchev–Trinajstić information content (AvgIpc) is 3.11. The van der Waals surface area contributed by atoms with Crippen LogP contribution in [0.25, 0.3) is 10.9 Å². The molecule has 0 aliphatic heterocycles. The van der Waals surface area contributed by atoms with Gasteiger partial charge in [-0.25, -0.2) is 0 Å². The summed E-state index contributed by atoms with van der Waals surface area (Å²) in [7, 11) is 0. The van der Waals surface area contributed by atoms with Crippen LogP contribution in [0.1, 0.15) is 37.5 Å². The summed E-state index contributed by atoms with van der Waals surface area (Å²) in [4.78, 5) is 33.0. The van der Waals surface area contributed by atoms with Gasteiger partial charge in [0.05, 0.1) is 5.69 Å². The predicted molar refractivity (Wildman–Crippen MR) is 118 cm³/mol. The van der Waals surface area contributed by atoms with Crippen molar-refractivity contribution in [1.82, 2.24) is 15.3 Å². The highest BCUT2D eigenvalue weighted by Gasteiger charge is 2.20. The molecule has 0 spiro atoms. The highest BCUT2D eigenvalue weighted by Crippen LogP contribution is 2.29. The predicted octanol–water partition coefficient (Wildman–Crippen LogP) is 4.36. The molecule has 2 aromatic carbocycles. The van der Waals surface area contributed by atoms with Crippen LogP contribution in [0.3, 0.4) is 0 Å². The molecule has 6 nitrogen and oxygen atoms in total. The Labute approximate surface area is 174 Å². The summed E-state index contributed by atoms with van der Waals surface area (Å²) < 4.78 is 0. The molecule has 4 rings (SSSR count). The van der Waals surface area contributed by atoms with Crippen molar-refractivity contribution in [2.45, 2.75) is 20.4 Å². The molecule has 0 radical (unpaired) electrons. The average molecular weight is 398 g/mol. The lowest BCUT2D eigenvalue weighted by molar-refractivity contribution is 0.0947. The van der Waals surface area contributed by atoms with E-state index in [1.165, 1.54) is 0 Å². The molecular weight excluding hydrogens is 376 g/mol. The quantitative estimate of drug-likeness (QED) is 0.467. The molecule has 2 heterocycles. The number of nitrogens with one attached hydrogen (secondary N) is 3. The third-order valence-corrected chi connectivity index (χ3v) is 4.91. The highest BCUT2D eigenvalue weighted by molar-refractivity contribution is 6.15. The van der Waals surface area contributed by atoms with Crippen LogP contribution in [0, 0.1) is 13.8 Å². The number of fused-ring (bicyclic) bond motifs is 1. The summed E-state index contributed by atoms with van der Waals surface area (Å²) in [6.07, 6.45) is 3.39. The van der Waals surface area contributed by atoms with Gasteiger partial charge in [0.1, 0.15) is 5.69 Å². The molecule has 2 aromatic heterocycles. The zero-order valence-corrected chi connectivity index (χ0v) is 16.8. The van der Waals surface area contributed by atoms with Crippen molar-refractivity contribution in [1.29, 1.82) is 0 Å².